The number of benzene rings is 1. The highest BCUT2D eigenvalue weighted by Crippen LogP contribution is 2.34. The quantitative estimate of drug-likeness (QED) is 0.673. The summed E-state index contributed by atoms with van der Waals surface area (Å²) in [5.41, 5.74) is 0.0390. The lowest BCUT2D eigenvalue weighted by atomic mass is 9.84. The number of furan rings is 1. The van der Waals surface area contributed by atoms with Crippen LogP contribution in [-0.2, 0) is 0 Å². The van der Waals surface area contributed by atoms with Crippen molar-refractivity contribution in [3.63, 3.8) is 0 Å². The van der Waals surface area contributed by atoms with Gasteiger partial charge >= 0.3 is 0 Å². The predicted molar refractivity (Wildman–Crippen MR) is 63.7 cm³/mol. The number of Topliss-reactive ketones (excluding diaryl/α,β-unsaturated/α-hetero) is 1. The summed E-state index contributed by atoms with van der Waals surface area (Å²) >= 11 is 0. The van der Waals surface area contributed by atoms with Crippen LogP contribution < -0.4 is 0 Å². The van der Waals surface area contributed by atoms with Gasteiger partial charge in [0.1, 0.15) is 12.0 Å². The number of fused-ring (bicyclic) bond motifs is 2. The average molecular weight is 256 g/mol. The fourth-order valence-corrected chi connectivity index (χ4v) is 2.25. The molecule has 1 aromatic heterocycles. The van der Waals surface area contributed by atoms with E-state index in [9.17, 15) is 19.5 Å². The molecular formula is C14H8O5. The zero-order valence-corrected chi connectivity index (χ0v) is 9.89. The van der Waals surface area contributed by atoms with Crippen molar-refractivity contribution in [3.8, 4) is 5.75 Å². The van der Waals surface area contributed by atoms with Crippen LogP contribution in [0.2, 0.25) is 0 Å². The second kappa shape index (κ2) is 3.65. The first-order valence-corrected chi connectivity index (χ1v) is 5.56. The molecule has 1 aliphatic rings. The molecule has 94 valence electrons. The van der Waals surface area contributed by atoms with Gasteiger partial charge in [0, 0.05) is 12.5 Å². The number of hydrogen-bond donors (Lipinski definition) is 1. The van der Waals surface area contributed by atoms with Gasteiger partial charge < -0.3 is 9.52 Å². The molecule has 2 aromatic rings. The van der Waals surface area contributed by atoms with Crippen LogP contribution in [0.15, 0.2) is 28.9 Å². The highest BCUT2D eigenvalue weighted by Gasteiger charge is 2.37. The molecule has 5 nitrogen and oxygen atoms in total. The molecule has 1 heterocycles. The van der Waals surface area contributed by atoms with Crippen LogP contribution in [0.25, 0.3) is 0 Å². The van der Waals surface area contributed by atoms with E-state index in [0.717, 1.165) is 6.26 Å². The Kier molecular flexibility index (Phi) is 2.19. The largest absolute Gasteiger partial charge is 0.507 e. The molecule has 0 bridgehead atoms. The summed E-state index contributed by atoms with van der Waals surface area (Å²) in [6.07, 6.45) is 1.11. The van der Waals surface area contributed by atoms with Crippen LogP contribution in [0, 0.1) is 0 Å². The molecular weight excluding hydrogens is 248 g/mol. The van der Waals surface area contributed by atoms with E-state index in [-0.39, 0.29) is 33.8 Å². The summed E-state index contributed by atoms with van der Waals surface area (Å²) in [5, 5.41) is 9.75. The number of phenolic OH excluding ortho intramolecular Hbond substituents is 1. The topological polar surface area (TPSA) is 84.6 Å². The third-order valence-electron chi connectivity index (χ3n) is 3.10. The minimum atomic E-state index is -0.568. The predicted octanol–water partition coefficient (Wildman–Crippen LogP) is 1.96. The Balaban J connectivity index is 2.35. The van der Waals surface area contributed by atoms with Gasteiger partial charge in [-0.3, -0.25) is 14.4 Å². The Bertz CT molecular complexity index is 751. The molecule has 3 rings (SSSR count). The summed E-state index contributed by atoms with van der Waals surface area (Å²) in [6.45, 7) is 1.25. The van der Waals surface area contributed by atoms with Gasteiger partial charge in [-0.25, -0.2) is 0 Å². The van der Waals surface area contributed by atoms with E-state index >= 15 is 0 Å². The highest BCUT2D eigenvalue weighted by atomic mass is 16.3. The lowest BCUT2D eigenvalue weighted by Gasteiger charge is -2.14. The van der Waals surface area contributed by atoms with Crippen LogP contribution in [-0.4, -0.2) is 22.5 Å². The van der Waals surface area contributed by atoms with Crippen LogP contribution >= 0.6 is 0 Å². The minimum Gasteiger partial charge on any atom is -0.507 e. The number of phenols is 1. The molecule has 0 atom stereocenters. The van der Waals surface area contributed by atoms with Crippen molar-refractivity contribution in [1.29, 1.82) is 0 Å². The van der Waals surface area contributed by atoms with Gasteiger partial charge in [0.15, 0.2) is 17.3 Å². The fourth-order valence-electron chi connectivity index (χ4n) is 2.25. The summed E-state index contributed by atoms with van der Waals surface area (Å²) in [4.78, 5) is 36.0. The Morgan fingerprint density at radius 2 is 1.84 bits per heavy atom. The van der Waals surface area contributed by atoms with E-state index < -0.39 is 17.3 Å². The standard InChI is InChI=1S/C14H8O5/c1-6(15)14-11-8(5-19-14)12(17)7-3-2-4-9(16)10(7)13(11)18/h2-5,16H,1H3. The SMILES string of the molecule is CC(=O)c1occ2c1C(=O)c1c(O)cccc1C2=O. The Labute approximate surface area is 107 Å². The maximum Gasteiger partial charge on any atom is 0.202 e. The summed E-state index contributed by atoms with van der Waals surface area (Å²) < 4.78 is 5.02. The van der Waals surface area contributed by atoms with Gasteiger partial charge in [-0.2, -0.15) is 0 Å². The van der Waals surface area contributed by atoms with E-state index in [4.69, 9.17) is 4.42 Å². The van der Waals surface area contributed by atoms with Crippen molar-refractivity contribution < 1.29 is 23.9 Å². The fraction of sp³-hybridized carbons (Fsp3) is 0.0714. The number of carbonyl (C=O) groups is 3. The summed E-state index contributed by atoms with van der Waals surface area (Å²) in [6, 6.07) is 4.26. The maximum atomic E-state index is 12.3. The third kappa shape index (κ3) is 1.38. The molecule has 0 fully saturated rings. The van der Waals surface area contributed by atoms with Crippen molar-refractivity contribution in [2.24, 2.45) is 0 Å². The van der Waals surface area contributed by atoms with Gasteiger partial charge in [-0.1, -0.05) is 12.1 Å². The number of rotatable bonds is 1. The monoisotopic (exact) mass is 256 g/mol. The van der Waals surface area contributed by atoms with Crippen molar-refractivity contribution in [2.45, 2.75) is 6.92 Å². The first kappa shape index (κ1) is 11.4. The van der Waals surface area contributed by atoms with E-state index in [0.29, 0.717) is 0 Å². The second-order valence-corrected chi connectivity index (χ2v) is 4.27. The van der Waals surface area contributed by atoms with E-state index in [1.54, 1.807) is 0 Å². The molecule has 0 unspecified atom stereocenters. The van der Waals surface area contributed by atoms with Crippen LogP contribution in [0.5, 0.6) is 5.75 Å². The first-order valence-electron chi connectivity index (χ1n) is 5.56. The van der Waals surface area contributed by atoms with Crippen molar-refractivity contribution in [3.05, 3.63) is 52.5 Å². The van der Waals surface area contributed by atoms with Gasteiger partial charge in [0.25, 0.3) is 0 Å². The van der Waals surface area contributed by atoms with Crippen molar-refractivity contribution >= 4 is 17.3 Å². The zero-order valence-electron chi connectivity index (χ0n) is 9.89. The molecule has 0 radical (unpaired) electrons. The number of ketones is 3. The highest BCUT2D eigenvalue weighted by molar-refractivity contribution is 6.31. The third-order valence-corrected chi connectivity index (χ3v) is 3.10. The molecule has 1 aromatic carbocycles. The summed E-state index contributed by atoms with van der Waals surface area (Å²) in [7, 11) is 0. The lowest BCUT2D eigenvalue weighted by molar-refractivity contribution is 0.0958. The Morgan fingerprint density at radius 3 is 2.53 bits per heavy atom. The molecule has 1 aliphatic carbocycles. The summed E-state index contributed by atoms with van der Waals surface area (Å²) in [5.74, 6) is -1.88. The smallest absolute Gasteiger partial charge is 0.202 e. The van der Waals surface area contributed by atoms with Crippen LogP contribution in [0.3, 0.4) is 0 Å². The number of hydrogen-bond acceptors (Lipinski definition) is 5. The number of carbonyl (C=O) groups excluding carboxylic acids is 3. The molecule has 0 saturated heterocycles. The lowest BCUT2D eigenvalue weighted by Crippen LogP contribution is -2.21. The number of aromatic hydroxyl groups is 1. The van der Waals surface area contributed by atoms with E-state index in [1.165, 1.54) is 25.1 Å². The second-order valence-electron chi connectivity index (χ2n) is 4.27. The maximum absolute atomic E-state index is 12.3. The van der Waals surface area contributed by atoms with E-state index in [2.05, 4.69) is 0 Å². The van der Waals surface area contributed by atoms with Gasteiger partial charge in [-0.15, -0.1) is 0 Å². The molecule has 0 aliphatic heterocycles. The molecule has 0 amide bonds. The Morgan fingerprint density at radius 1 is 1.11 bits per heavy atom. The minimum absolute atomic E-state index is 0.0632. The Hall–Kier alpha value is -2.69. The van der Waals surface area contributed by atoms with Gasteiger partial charge in [-0.05, 0) is 6.07 Å². The van der Waals surface area contributed by atoms with Gasteiger partial charge in [0.2, 0.25) is 5.78 Å². The average Bonchev–Trinajstić information content (AvgIpc) is 2.81. The zero-order chi connectivity index (χ0) is 13.7. The van der Waals surface area contributed by atoms with E-state index in [1.807, 2.05) is 0 Å². The normalized spacial score (nSPS) is 13.1. The van der Waals surface area contributed by atoms with Gasteiger partial charge in [0.05, 0.1) is 16.7 Å². The first-order chi connectivity index (χ1) is 9.02. The van der Waals surface area contributed by atoms with Crippen LogP contribution in [0.4, 0.5) is 0 Å². The van der Waals surface area contributed by atoms with Crippen LogP contribution in [0.1, 0.15) is 49.3 Å². The molecule has 0 saturated carbocycles. The van der Waals surface area contributed by atoms with Crippen molar-refractivity contribution in [1.82, 2.24) is 0 Å². The molecule has 0 spiro atoms. The molecule has 5 heteroatoms. The molecule has 19 heavy (non-hydrogen) atoms. The molecule has 1 N–H and O–H groups in total. The van der Waals surface area contributed by atoms with Crippen molar-refractivity contribution in [2.75, 3.05) is 0 Å².